The van der Waals surface area contributed by atoms with Gasteiger partial charge in [0.2, 0.25) is 5.91 Å². The number of amides is 1. The van der Waals surface area contributed by atoms with Gasteiger partial charge in [0.25, 0.3) is 0 Å². The molecule has 4 nitrogen and oxygen atoms in total. The van der Waals surface area contributed by atoms with Crippen molar-refractivity contribution in [3.63, 3.8) is 0 Å². The Labute approximate surface area is 127 Å². The Hall–Kier alpha value is -1.39. The molecule has 0 spiro atoms. The predicted molar refractivity (Wildman–Crippen MR) is 85.7 cm³/mol. The quantitative estimate of drug-likeness (QED) is 0.695. The molecular formula is C17H28N2O2. The van der Waals surface area contributed by atoms with Crippen molar-refractivity contribution in [1.29, 1.82) is 0 Å². The van der Waals surface area contributed by atoms with Crippen LogP contribution in [0, 0.1) is 5.92 Å². The summed E-state index contributed by atoms with van der Waals surface area (Å²) in [4.78, 5) is 10.8. The van der Waals surface area contributed by atoms with Crippen LogP contribution in [0.4, 0.5) is 0 Å². The molecule has 0 fully saturated rings. The molecule has 0 aliphatic carbocycles. The number of benzene rings is 1. The van der Waals surface area contributed by atoms with Gasteiger partial charge in [0.1, 0.15) is 0 Å². The van der Waals surface area contributed by atoms with Crippen LogP contribution in [-0.2, 0) is 22.6 Å². The lowest BCUT2D eigenvalue weighted by Crippen LogP contribution is -2.20. The van der Waals surface area contributed by atoms with Crippen molar-refractivity contribution in [2.24, 2.45) is 17.4 Å². The first-order valence-electron chi connectivity index (χ1n) is 7.70. The van der Waals surface area contributed by atoms with Crippen molar-refractivity contribution in [1.82, 2.24) is 0 Å². The van der Waals surface area contributed by atoms with E-state index in [0.717, 1.165) is 25.8 Å². The summed E-state index contributed by atoms with van der Waals surface area (Å²) in [6.07, 6.45) is 3.35. The zero-order valence-corrected chi connectivity index (χ0v) is 13.2. The topological polar surface area (TPSA) is 78.3 Å². The van der Waals surface area contributed by atoms with Gasteiger partial charge in [0, 0.05) is 6.42 Å². The first kappa shape index (κ1) is 17.7. The number of aryl methyl sites for hydroxylation is 1. The van der Waals surface area contributed by atoms with E-state index in [4.69, 9.17) is 16.2 Å². The number of carbonyl (C=O) groups excluding carboxylic acids is 1. The average Bonchev–Trinajstić information content (AvgIpc) is 2.49. The molecule has 0 aliphatic heterocycles. The van der Waals surface area contributed by atoms with Gasteiger partial charge in [-0.3, -0.25) is 4.79 Å². The molecule has 118 valence electrons. The van der Waals surface area contributed by atoms with Gasteiger partial charge in [-0.25, -0.2) is 0 Å². The molecule has 1 aromatic rings. The smallest absolute Gasteiger partial charge is 0.217 e. The van der Waals surface area contributed by atoms with Crippen LogP contribution in [0.25, 0.3) is 0 Å². The van der Waals surface area contributed by atoms with Crippen molar-refractivity contribution in [3.8, 4) is 0 Å². The van der Waals surface area contributed by atoms with Crippen LogP contribution in [-0.4, -0.2) is 18.6 Å². The van der Waals surface area contributed by atoms with E-state index in [-0.39, 0.29) is 12.0 Å². The lowest BCUT2D eigenvalue weighted by Gasteiger charge is -2.20. The minimum atomic E-state index is -0.248. The van der Waals surface area contributed by atoms with E-state index in [0.29, 0.717) is 18.9 Å². The maximum absolute atomic E-state index is 10.8. The van der Waals surface area contributed by atoms with Crippen LogP contribution in [0.3, 0.4) is 0 Å². The Morgan fingerprint density at radius 2 is 1.81 bits per heavy atom. The molecule has 0 radical (unpaired) electrons. The summed E-state index contributed by atoms with van der Waals surface area (Å²) in [6, 6.07) is 8.48. The zero-order valence-electron chi connectivity index (χ0n) is 13.2. The normalized spacial score (nSPS) is 13.9. The number of primary amides is 1. The molecular weight excluding hydrogens is 264 g/mol. The Bertz CT molecular complexity index is 417. The van der Waals surface area contributed by atoms with Crippen LogP contribution < -0.4 is 11.5 Å². The van der Waals surface area contributed by atoms with Crippen molar-refractivity contribution >= 4 is 5.91 Å². The highest BCUT2D eigenvalue weighted by molar-refractivity contribution is 5.73. The van der Waals surface area contributed by atoms with E-state index >= 15 is 0 Å². The zero-order chi connectivity index (χ0) is 15.7. The SMILES string of the molecule is C[C@@H](CCC(N)=O)[C@@H](C)OCc1ccc(CCCN)cc1. The Morgan fingerprint density at radius 3 is 2.38 bits per heavy atom. The molecule has 4 heteroatoms. The summed E-state index contributed by atoms with van der Waals surface area (Å²) in [7, 11) is 0. The fraction of sp³-hybridized carbons (Fsp3) is 0.588. The molecule has 0 aliphatic rings. The summed E-state index contributed by atoms with van der Waals surface area (Å²) in [6.45, 7) is 5.45. The fourth-order valence-electron chi connectivity index (χ4n) is 2.10. The van der Waals surface area contributed by atoms with Crippen molar-refractivity contribution < 1.29 is 9.53 Å². The van der Waals surface area contributed by atoms with E-state index < -0.39 is 0 Å². The lowest BCUT2D eigenvalue weighted by atomic mass is 10.00. The molecule has 0 saturated carbocycles. The maximum Gasteiger partial charge on any atom is 0.217 e. The highest BCUT2D eigenvalue weighted by atomic mass is 16.5. The third-order valence-electron chi connectivity index (χ3n) is 3.85. The van der Waals surface area contributed by atoms with E-state index in [9.17, 15) is 4.79 Å². The van der Waals surface area contributed by atoms with Gasteiger partial charge < -0.3 is 16.2 Å². The number of ether oxygens (including phenoxy) is 1. The standard InChI is InChI=1S/C17H28N2O2/c1-13(5-10-17(19)20)14(2)21-12-16-8-6-15(7-9-16)4-3-11-18/h6-9,13-14H,3-5,10-12,18H2,1-2H3,(H2,19,20)/t13-,14+/m0/s1. The average molecular weight is 292 g/mol. The molecule has 4 N–H and O–H groups in total. The molecule has 21 heavy (non-hydrogen) atoms. The second-order valence-electron chi connectivity index (χ2n) is 5.71. The van der Waals surface area contributed by atoms with Crippen LogP contribution >= 0.6 is 0 Å². The molecule has 0 bridgehead atoms. The Morgan fingerprint density at radius 1 is 1.19 bits per heavy atom. The number of carbonyl (C=O) groups is 1. The molecule has 0 unspecified atom stereocenters. The van der Waals surface area contributed by atoms with Crippen LogP contribution in [0.15, 0.2) is 24.3 Å². The van der Waals surface area contributed by atoms with Crippen molar-refractivity contribution in [3.05, 3.63) is 35.4 Å². The van der Waals surface area contributed by atoms with Gasteiger partial charge in [-0.1, -0.05) is 31.2 Å². The first-order valence-corrected chi connectivity index (χ1v) is 7.70. The number of hydrogen-bond acceptors (Lipinski definition) is 3. The maximum atomic E-state index is 10.8. The molecule has 1 rings (SSSR count). The van der Waals surface area contributed by atoms with E-state index in [2.05, 4.69) is 31.2 Å². The minimum Gasteiger partial charge on any atom is -0.374 e. The summed E-state index contributed by atoms with van der Waals surface area (Å²) in [5.41, 5.74) is 13.2. The van der Waals surface area contributed by atoms with Gasteiger partial charge in [-0.2, -0.15) is 0 Å². The number of nitrogens with two attached hydrogens (primary N) is 2. The second-order valence-corrected chi connectivity index (χ2v) is 5.71. The molecule has 1 aromatic carbocycles. The summed E-state index contributed by atoms with van der Waals surface area (Å²) < 4.78 is 5.87. The first-order chi connectivity index (χ1) is 10.0. The van der Waals surface area contributed by atoms with E-state index in [1.165, 1.54) is 11.1 Å². The number of rotatable bonds is 10. The van der Waals surface area contributed by atoms with Gasteiger partial charge in [-0.05, 0) is 49.8 Å². The summed E-state index contributed by atoms with van der Waals surface area (Å²) >= 11 is 0. The number of hydrogen-bond donors (Lipinski definition) is 2. The minimum absolute atomic E-state index is 0.112. The van der Waals surface area contributed by atoms with Gasteiger partial charge >= 0.3 is 0 Å². The largest absolute Gasteiger partial charge is 0.374 e. The van der Waals surface area contributed by atoms with Gasteiger partial charge in [-0.15, -0.1) is 0 Å². The third-order valence-corrected chi connectivity index (χ3v) is 3.85. The van der Waals surface area contributed by atoms with E-state index in [1.54, 1.807) is 0 Å². The summed E-state index contributed by atoms with van der Waals surface area (Å²) in [5, 5.41) is 0. The van der Waals surface area contributed by atoms with Crippen molar-refractivity contribution in [2.45, 2.75) is 52.2 Å². The highest BCUT2D eigenvalue weighted by Crippen LogP contribution is 2.16. The third kappa shape index (κ3) is 7.25. The lowest BCUT2D eigenvalue weighted by molar-refractivity contribution is -0.118. The predicted octanol–water partition coefficient (Wildman–Crippen LogP) is 2.38. The molecule has 0 heterocycles. The van der Waals surface area contributed by atoms with Crippen LogP contribution in [0.1, 0.15) is 44.2 Å². The fourth-order valence-corrected chi connectivity index (χ4v) is 2.10. The van der Waals surface area contributed by atoms with Crippen LogP contribution in [0.2, 0.25) is 0 Å². The molecule has 0 saturated heterocycles. The Balaban J connectivity index is 2.34. The van der Waals surface area contributed by atoms with Crippen molar-refractivity contribution in [2.75, 3.05) is 6.54 Å². The van der Waals surface area contributed by atoms with Gasteiger partial charge in [0.15, 0.2) is 0 Å². The molecule has 0 aromatic heterocycles. The molecule has 2 atom stereocenters. The van der Waals surface area contributed by atoms with E-state index in [1.807, 2.05) is 6.92 Å². The Kier molecular flexibility index (Phi) is 8.01. The van der Waals surface area contributed by atoms with Gasteiger partial charge in [0.05, 0.1) is 12.7 Å². The monoisotopic (exact) mass is 292 g/mol. The highest BCUT2D eigenvalue weighted by Gasteiger charge is 2.13. The summed E-state index contributed by atoms with van der Waals surface area (Å²) in [5.74, 6) is 0.0726. The second kappa shape index (κ2) is 9.53. The molecule has 1 amide bonds. The van der Waals surface area contributed by atoms with Crippen LogP contribution in [0.5, 0.6) is 0 Å².